The monoisotopic (exact) mass is 543 g/mol. The number of methoxy groups -OCH3 is 1. The average molecular weight is 544 g/mol. The minimum absolute atomic E-state index is 0.0942. The number of para-hydroxylation sites is 1. The van der Waals surface area contributed by atoms with Crippen LogP contribution in [0.15, 0.2) is 94.7 Å². The van der Waals surface area contributed by atoms with Crippen LogP contribution in [0.3, 0.4) is 0 Å². The van der Waals surface area contributed by atoms with E-state index in [0.29, 0.717) is 49.5 Å². The van der Waals surface area contributed by atoms with Gasteiger partial charge in [-0.05, 0) is 61.4 Å². The number of dihydropyridines is 1. The molecule has 0 unspecified atom stereocenters. The van der Waals surface area contributed by atoms with E-state index in [0.717, 1.165) is 5.56 Å². The van der Waals surface area contributed by atoms with Crippen molar-refractivity contribution in [1.82, 2.24) is 5.32 Å². The Labute approximate surface area is 231 Å². The number of halogens is 1. The molecule has 1 atom stereocenters. The van der Waals surface area contributed by atoms with Crippen molar-refractivity contribution in [3.63, 3.8) is 0 Å². The molecule has 192 valence electrons. The van der Waals surface area contributed by atoms with Gasteiger partial charge in [0.1, 0.15) is 5.75 Å². The second kappa shape index (κ2) is 12.0. The first-order valence-corrected chi connectivity index (χ1v) is 13.2. The second-order valence-electron chi connectivity index (χ2n) is 8.68. The quantitative estimate of drug-likeness (QED) is 0.311. The van der Waals surface area contributed by atoms with Gasteiger partial charge < -0.3 is 15.4 Å². The van der Waals surface area contributed by atoms with Crippen LogP contribution in [-0.2, 0) is 4.79 Å². The number of aryl methyl sites for hydroxylation is 1. The molecule has 0 radical (unpaired) electrons. The van der Waals surface area contributed by atoms with Crippen molar-refractivity contribution in [3.05, 3.63) is 116 Å². The lowest BCUT2D eigenvalue weighted by atomic mass is 9.82. The lowest BCUT2D eigenvalue weighted by Gasteiger charge is -2.30. The van der Waals surface area contributed by atoms with Crippen LogP contribution in [0.4, 0.5) is 5.69 Å². The molecule has 0 aliphatic carbocycles. The molecule has 2 N–H and O–H groups in total. The summed E-state index contributed by atoms with van der Waals surface area (Å²) < 4.78 is 5.16. The first kappa shape index (κ1) is 27.1. The van der Waals surface area contributed by atoms with E-state index in [4.69, 9.17) is 16.3 Å². The number of Topliss-reactive ketones (excluding diaryl/α,β-unsaturated/α-hetero) is 1. The molecule has 0 saturated heterocycles. The number of nitrogens with one attached hydrogen (secondary N) is 2. The molecule has 0 saturated carbocycles. The number of nitrogens with zero attached hydrogens (tertiary/aromatic N) is 1. The summed E-state index contributed by atoms with van der Waals surface area (Å²) in [5, 5.41) is 17.5. The van der Waals surface area contributed by atoms with Crippen LogP contribution in [0, 0.1) is 18.3 Å². The van der Waals surface area contributed by atoms with E-state index in [2.05, 4.69) is 16.7 Å². The molecule has 0 fully saturated rings. The largest absolute Gasteiger partial charge is 0.497 e. The fourth-order valence-electron chi connectivity index (χ4n) is 4.25. The maximum atomic E-state index is 13.6. The Bertz CT molecular complexity index is 1490. The van der Waals surface area contributed by atoms with Crippen molar-refractivity contribution in [1.29, 1.82) is 5.26 Å². The Kier molecular flexibility index (Phi) is 8.57. The number of amides is 1. The molecule has 3 aromatic rings. The predicted octanol–water partition coefficient (Wildman–Crippen LogP) is 6.61. The summed E-state index contributed by atoms with van der Waals surface area (Å²) in [7, 11) is 1.57. The van der Waals surface area contributed by atoms with E-state index < -0.39 is 5.92 Å². The molecule has 4 rings (SSSR count). The van der Waals surface area contributed by atoms with E-state index in [1.165, 1.54) is 11.8 Å². The third-order valence-electron chi connectivity index (χ3n) is 6.26. The van der Waals surface area contributed by atoms with Gasteiger partial charge in [-0.15, -0.1) is 0 Å². The van der Waals surface area contributed by atoms with Crippen molar-refractivity contribution < 1.29 is 14.3 Å². The maximum Gasteiger partial charge on any atom is 0.254 e. The van der Waals surface area contributed by atoms with Gasteiger partial charge >= 0.3 is 0 Å². The molecule has 38 heavy (non-hydrogen) atoms. The molecule has 3 aromatic carbocycles. The summed E-state index contributed by atoms with van der Waals surface area (Å²) in [5.74, 6) is -0.369. The normalized spacial score (nSPS) is 15.0. The number of thioether (sulfide) groups is 1. The standard InChI is InChI=1S/C30H26ClN3O3S/c1-18-8-4-7-11-25(18)34-29(36)27-19(2)33-30(23(16-32)28(27)22-9-5-6-10-24(22)31)38-17-26(35)20-12-14-21(37-3)15-13-20/h4-15,28,33H,17H2,1-3H3,(H,34,36)/t28-/m0/s1. The summed E-state index contributed by atoms with van der Waals surface area (Å²) >= 11 is 7.81. The highest BCUT2D eigenvalue weighted by atomic mass is 35.5. The first-order chi connectivity index (χ1) is 18.3. The lowest BCUT2D eigenvalue weighted by molar-refractivity contribution is -0.113. The van der Waals surface area contributed by atoms with Crippen LogP contribution >= 0.6 is 23.4 Å². The van der Waals surface area contributed by atoms with Crippen molar-refractivity contribution in [2.45, 2.75) is 19.8 Å². The predicted molar refractivity (Wildman–Crippen MR) is 152 cm³/mol. The van der Waals surface area contributed by atoms with Gasteiger partial charge in [-0.3, -0.25) is 9.59 Å². The number of allylic oxidation sites excluding steroid dienone is 2. The third-order valence-corrected chi connectivity index (χ3v) is 7.62. The molecule has 1 aliphatic rings. The van der Waals surface area contributed by atoms with Crippen molar-refractivity contribution in [2.24, 2.45) is 0 Å². The Hall–Kier alpha value is -3.99. The zero-order chi connectivity index (χ0) is 27.2. The van der Waals surface area contributed by atoms with E-state index in [1.54, 1.807) is 50.4 Å². The molecule has 6 nitrogen and oxygen atoms in total. The number of carbonyl (C=O) groups excluding carboxylic acids is 2. The van der Waals surface area contributed by atoms with Gasteiger partial charge in [0, 0.05) is 27.5 Å². The number of ketones is 1. The summed E-state index contributed by atoms with van der Waals surface area (Å²) in [6.45, 7) is 3.70. The Morgan fingerprint density at radius 3 is 2.39 bits per heavy atom. The topological polar surface area (TPSA) is 91.2 Å². The number of ether oxygens (including phenoxy) is 1. The fraction of sp³-hybridized carbons (Fsp3) is 0.167. The molecule has 0 spiro atoms. The Morgan fingerprint density at radius 1 is 1.05 bits per heavy atom. The van der Waals surface area contributed by atoms with Crippen LogP contribution in [-0.4, -0.2) is 24.6 Å². The maximum absolute atomic E-state index is 13.6. The minimum atomic E-state index is -0.711. The number of hydrogen-bond donors (Lipinski definition) is 2. The van der Waals surface area contributed by atoms with Gasteiger partial charge in [0.05, 0.1) is 35.5 Å². The highest BCUT2D eigenvalue weighted by Gasteiger charge is 2.36. The van der Waals surface area contributed by atoms with Gasteiger partial charge in [-0.1, -0.05) is 59.8 Å². The summed E-state index contributed by atoms with van der Waals surface area (Å²) in [6, 6.07) is 23.8. The number of hydrogen-bond acceptors (Lipinski definition) is 6. The smallest absolute Gasteiger partial charge is 0.254 e. The molecule has 0 bridgehead atoms. The number of benzene rings is 3. The van der Waals surface area contributed by atoms with Crippen molar-refractivity contribution in [2.75, 3.05) is 18.2 Å². The molecular weight excluding hydrogens is 518 g/mol. The van der Waals surface area contributed by atoms with Gasteiger partial charge in [0.15, 0.2) is 5.78 Å². The molecular formula is C30H26ClN3O3S. The van der Waals surface area contributed by atoms with Gasteiger partial charge in [-0.25, -0.2) is 0 Å². The zero-order valence-electron chi connectivity index (χ0n) is 21.2. The van der Waals surface area contributed by atoms with Gasteiger partial charge in [0.2, 0.25) is 0 Å². The van der Waals surface area contributed by atoms with E-state index in [1.807, 2.05) is 43.3 Å². The second-order valence-corrected chi connectivity index (χ2v) is 10.1. The summed E-state index contributed by atoms with van der Waals surface area (Å²) in [4.78, 5) is 26.5. The number of nitriles is 1. The van der Waals surface area contributed by atoms with Crippen molar-refractivity contribution in [3.8, 4) is 11.8 Å². The van der Waals surface area contributed by atoms with Crippen LogP contribution < -0.4 is 15.4 Å². The third kappa shape index (κ3) is 5.77. The minimum Gasteiger partial charge on any atom is -0.497 e. The summed E-state index contributed by atoms with van der Waals surface area (Å²) in [5.41, 5.74) is 4.08. The first-order valence-electron chi connectivity index (χ1n) is 11.9. The molecule has 8 heteroatoms. The lowest BCUT2D eigenvalue weighted by Crippen LogP contribution is -2.31. The van der Waals surface area contributed by atoms with E-state index >= 15 is 0 Å². The highest BCUT2D eigenvalue weighted by molar-refractivity contribution is 8.03. The Morgan fingerprint density at radius 2 is 1.74 bits per heavy atom. The number of carbonyl (C=O) groups is 2. The summed E-state index contributed by atoms with van der Waals surface area (Å²) in [6.07, 6.45) is 0. The van der Waals surface area contributed by atoms with Crippen molar-refractivity contribution >= 4 is 40.7 Å². The Balaban J connectivity index is 1.68. The number of anilines is 1. The van der Waals surface area contributed by atoms with Crippen LogP contribution in [0.5, 0.6) is 5.75 Å². The molecule has 1 heterocycles. The number of rotatable bonds is 8. The fourth-order valence-corrected chi connectivity index (χ4v) is 5.48. The van der Waals surface area contributed by atoms with Crippen LogP contribution in [0.1, 0.15) is 34.3 Å². The average Bonchev–Trinajstić information content (AvgIpc) is 2.92. The van der Waals surface area contributed by atoms with Gasteiger partial charge in [-0.2, -0.15) is 5.26 Å². The molecule has 0 aromatic heterocycles. The molecule has 1 amide bonds. The van der Waals surface area contributed by atoms with Crippen LogP contribution in [0.2, 0.25) is 5.02 Å². The van der Waals surface area contributed by atoms with Gasteiger partial charge in [0.25, 0.3) is 5.91 Å². The van der Waals surface area contributed by atoms with E-state index in [-0.39, 0.29) is 17.4 Å². The van der Waals surface area contributed by atoms with Crippen LogP contribution in [0.25, 0.3) is 0 Å². The van der Waals surface area contributed by atoms with E-state index in [9.17, 15) is 14.9 Å². The molecule has 1 aliphatic heterocycles. The SMILES string of the molecule is COc1ccc(C(=O)CSC2=C(C#N)[C@H](c3ccccc3Cl)C(C(=O)Nc3ccccc3C)=C(C)N2)cc1. The highest BCUT2D eigenvalue weighted by Crippen LogP contribution is 2.43. The zero-order valence-corrected chi connectivity index (χ0v) is 22.7.